The number of hydrogen-bond donors (Lipinski definition) is 1. The van der Waals surface area contributed by atoms with Crippen LogP contribution in [0.2, 0.25) is 0 Å². The zero-order valence-corrected chi connectivity index (χ0v) is 12.5. The van der Waals surface area contributed by atoms with Crippen LogP contribution in [0.4, 0.5) is 17.1 Å². The average molecular weight is 285 g/mol. The van der Waals surface area contributed by atoms with Gasteiger partial charge in [0, 0.05) is 32.3 Å². The van der Waals surface area contributed by atoms with Crippen molar-refractivity contribution in [1.82, 2.24) is 0 Å². The van der Waals surface area contributed by atoms with Gasteiger partial charge in [-0.1, -0.05) is 24.3 Å². The molecular weight excluding hydrogens is 266 g/mol. The monoisotopic (exact) mass is 285 g/mol. The number of nitro benzene ring substituents is 1. The fourth-order valence-corrected chi connectivity index (χ4v) is 2.26. The normalized spacial score (nSPS) is 10.2. The van der Waals surface area contributed by atoms with Crippen molar-refractivity contribution in [2.75, 3.05) is 24.3 Å². The van der Waals surface area contributed by atoms with E-state index >= 15 is 0 Å². The zero-order valence-electron chi connectivity index (χ0n) is 12.5. The Bertz CT molecular complexity index is 654. The summed E-state index contributed by atoms with van der Waals surface area (Å²) in [5, 5.41) is 14.3. The Morgan fingerprint density at radius 3 is 2.52 bits per heavy atom. The summed E-state index contributed by atoms with van der Waals surface area (Å²) in [7, 11) is 3.97. The third kappa shape index (κ3) is 3.31. The van der Waals surface area contributed by atoms with E-state index in [1.54, 1.807) is 13.0 Å². The fraction of sp³-hybridized carbons (Fsp3) is 0.250. The van der Waals surface area contributed by atoms with Crippen molar-refractivity contribution < 1.29 is 4.92 Å². The molecule has 5 heteroatoms. The molecule has 0 aliphatic heterocycles. The van der Waals surface area contributed by atoms with E-state index in [9.17, 15) is 10.1 Å². The van der Waals surface area contributed by atoms with Gasteiger partial charge < -0.3 is 10.2 Å². The molecule has 21 heavy (non-hydrogen) atoms. The van der Waals surface area contributed by atoms with Crippen LogP contribution in [-0.2, 0) is 6.54 Å². The topological polar surface area (TPSA) is 58.4 Å². The van der Waals surface area contributed by atoms with Crippen LogP contribution in [0.15, 0.2) is 42.5 Å². The second-order valence-electron chi connectivity index (χ2n) is 5.08. The maximum Gasteiger partial charge on any atom is 0.272 e. The number of anilines is 2. The third-order valence-electron chi connectivity index (χ3n) is 3.47. The van der Waals surface area contributed by atoms with Crippen LogP contribution in [0.1, 0.15) is 11.1 Å². The molecule has 110 valence electrons. The molecule has 0 saturated carbocycles. The Morgan fingerprint density at radius 2 is 1.86 bits per heavy atom. The van der Waals surface area contributed by atoms with E-state index in [1.807, 2.05) is 49.3 Å². The van der Waals surface area contributed by atoms with Crippen LogP contribution in [0.25, 0.3) is 0 Å². The molecule has 0 bridgehead atoms. The van der Waals surface area contributed by atoms with Crippen molar-refractivity contribution in [1.29, 1.82) is 0 Å². The van der Waals surface area contributed by atoms with Crippen LogP contribution in [0.3, 0.4) is 0 Å². The van der Waals surface area contributed by atoms with E-state index in [0.717, 1.165) is 16.9 Å². The molecule has 0 saturated heterocycles. The third-order valence-corrected chi connectivity index (χ3v) is 3.47. The largest absolute Gasteiger partial charge is 0.379 e. The minimum Gasteiger partial charge on any atom is -0.379 e. The second kappa shape index (κ2) is 6.26. The molecule has 2 aromatic rings. The lowest BCUT2D eigenvalue weighted by Gasteiger charge is -2.18. The summed E-state index contributed by atoms with van der Waals surface area (Å²) < 4.78 is 0. The zero-order chi connectivity index (χ0) is 15.4. The van der Waals surface area contributed by atoms with E-state index in [2.05, 4.69) is 5.32 Å². The molecule has 0 heterocycles. The van der Waals surface area contributed by atoms with Crippen molar-refractivity contribution in [3.05, 3.63) is 63.7 Å². The number of nitrogens with zero attached hydrogens (tertiary/aromatic N) is 2. The lowest BCUT2D eigenvalue weighted by Crippen LogP contribution is -2.12. The first-order valence-electron chi connectivity index (χ1n) is 6.74. The summed E-state index contributed by atoms with van der Waals surface area (Å²) in [5.41, 5.74) is 3.89. The molecule has 2 rings (SSSR count). The van der Waals surface area contributed by atoms with Crippen LogP contribution in [-0.4, -0.2) is 19.0 Å². The quantitative estimate of drug-likeness (QED) is 0.674. The van der Waals surface area contributed by atoms with Gasteiger partial charge in [-0.3, -0.25) is 10.1 Å². The molecule has 5 nitrogen and oxygen atoms in total. The molecule has 0 unspecified atom stereocenters. The Morgan fingerprint density at radius 1 is 1.14 bits per heavy atom. The molecule has 0 aliphatic rings. The highest BCUT2D eigenvalue weighted by Gasteiger charge is 2.13. The summed E-state index contributed by atoms with van der Waals surface area (Å²) in [6, 6.07) is 13.2. The number of rotatable bonds is 5. The molecule has 0 amide bonds. The summed E-state index contributed by atoms with van der Waals surface area (Å²) >= 11 is 0. The summed E-state index contributed by atoms with van der Waals surface area (Å²) in [4.78, 5) is 12.7. The average Bonchev–Trinajstić information content (AvgIpc) is 2.46. The number of nitro groups is 1. The molecule has 0 aromatic heterocycles. The summed E-state index contributed by atoms with van der Waals surface area (Å²) in [6.45, 7) is 2.34. The van der Waals surface area contributed by atoms with Crippen molar-refractivity contribution in [3.63, 3.8) is 0 Å². The highest BCUT2D eigenvalue weighted by molar-refractivity contribution is 5.69. The minimum atomic E-state index is -0.341. The van der Waals surface area contributed by atoms with Crippen molar-refractivity contribution in [2.24, 2.45) is 0 Å². The van der Waals surface area contributed by atoms with Gasteiger partial charge in [-0.05, 0) is 24.6 Å². The van der Waals surface area contributed by atoms with Crippen LogP contribution in [0, 0.1) is 17.0 Å². The standard InChI is InChI=1S/C16H19N3O2/c1-12-13(7-6-10-15(12)19(20)21)11-17-14-8-4-5-9-16(14)18(2)3/h4-10,17H,11H2,1-3H3. The molecule has 0 fully saturated rings. The minimum absolute atomic E-state index is 0.162. The van der Waals surface area contributed by atoms with Gasteiger partial charge in [0.1, 0.15) is 0 Å². The second-order valence-corrected chi connectivity index (χ2v) is 5.08. The first-order chi connectivity index (χ1) is 10.0. The maximum absolute atomic E-state index is 11.0. The molecule has 0 radical (unpaired) electrons. The van der Waals surface area contributed by atoms with Crippen molar-refractivity contribution in [2.45, 2.75) is 13.5 Å². The maximum atomic E-state index is 11.0. The van der Waals surface area contributed by atoms with E-state index in [-0.39, 0.29) is 10.6 Å². The van der Waals surface area contributed by atoms with Gasteiger partial charge in [-0.15, -0.1) is 0 Å². The van der Waals surface area contributed by atoms with Gasteiger partial charge in [0.15, 0.2) is 0 Å². The van der Waals surface area contributed by atoms with E-state index in [1.165, 1.54) is 6.07 Å². The number of hydrogen-bond acceptors (Lipinski definition) is 4. The molecule has 0 atom stereocenters. The van der Waals surface area contributed by atoms with E-state index < -0.39 is 0 Å². The fourth-order valence-electron chi connectivity index (χ4n) is 2.26. The molecule has 2 aromatic carbocycles. The number of para-hydroxylation sites is 2. The number of nitrogens with one attached hydrogen (secondary N) is 1. The predicted molar refractivity (Wildman–Crippen MR) is 85.9 cm³/mol. The highest BCUT2D eigenvalue weighted by Crippen LogP contribution is 2.26. The summed E-state index contributed by atoms with van der Waals surface area (Å²) in [6.07, 6.45) is 0. The van der Waals surface area contributed by atoms with Gasteiger partial charge in [0.2, 0.25) is 0 Å². The Hall–Kier alpha value is -2.56. The van der Waals surface area contributed by atoms with E-state index in [4.69, 9.17) is 0 Å². The van der Waals surface area contributed by atoms with Gasteiger partial charge in [0.25, 0.3) is 5.69 Å². The van der Waals surface area contributed by atoms with Crippen LogP contribution >= 0.6 is 0 Å². The Balaban J connectivity index is 2.21. The number of benzene rings is 2. The lowest BCUT2D eigenvalue weighted by atomic mass is 10.1. The molecular formula is C16H19N3O2. The molecule has 1 N–H and O–H groups in total. The molecule has 0 aliphatic carbocycles. The van der Waals surface area contributed by atoms with Gasteiger partial charge in [-0.2, -0.15) is 0 Å². The van der Waals surface area contributed by atoms with Gasteiger partial charge >= 0.3 is 0 Å². The Labute approximate surface area is 124 Å². The summed E-state index contributed by atoms with van der Waals surface area (Å²) in [5.74, 6) is 0. The SMILES string of the molecule is Cc1c(CNc2ccccc2N(C)C)cccc1[N+](=O)[O-]. The highest BCUT2D eigenvalue weighted by atomic mass is 16.6. The first kappa shape index (κ1) is 14.8. The first-order valence-corrected chi connectivity index (χ1v) is 6.74. The van der Waals surface area contributed by atoms with Gasteiger partial charge in [0.05, 0.1) is 16.3 Å². The smallest absolute Gasteiger partial charge is 0.272 e. The van der Waals surface area contributed by atoms with E-state index in [0.29, 0.717) is 12.1 Å². The van der Waals surface area contributed by atoms with Crippen LogP contribution in [0.5, 0.6) is 0 Å². The lowest BCUT2D eigenvalue weighted by molar-refractivity contribution is -0.385. The van der Waals surface area contributed by atoms with Crippen molar-refractivity contribution >= 4 is 17.1 Å². The van der Waals surface area contributed by atoms with Crippen LogP contribution < -0.4 is 10.2 Å². The van der Waals surface area contributed by atoms with Gasteiger partial charge in [-0.25, -0.2) is 0 Å². The Kier molecular flexibility index (Phi) is 4.42. The molecule has 0 spiro atoms. The predicted octanol–water partition coefficient (Wildman–Crippen LogP) is 3.58. The van der Waals surface area contributed by atoms with Crippen molar-refractivity contribution in [3.8, 4) is 0 Å².